The summed E-state index contributed by atoms with van der Waals surface area (Å²) in [6.45, 7) is 2.10. The summed E-state index contributed by atoms with van der Waals surface area (Å²) in [5, 5.41) is 14.7. The molecule has 1 aliphatic carbocycles. The van der Waals surface area contributed by atoms with Gasteiger partial charge in [-0.25, -0.2) is 4.79 Å². The van der Waals surface area contributed by atoms with E-state index in [2.05, 4.69) is 10.3 Å². The Morgan fingerprint density at radius 1 is 1.41 bits per heavy atom. The van der Waals surface area contributed by atoms with Gasteiger partial charge >= 0.3 is 5.69 Å². The molecular formula is C20H26N6O6. The van der Waals surface area contributed by atoms with E-state index >= 15 is 0 Å². The number of nitrogens with two attached hydrogens (primary N) is 1. The van der Waals surface area contributed by atoms with E-state index in [-0.39, 0.29) is 48.5 Å². The monoisotopic (exact) mass is 446 g/mol. The number of nitrogen functional groups attached to an aromatic ring is 1. The second kappa shape index (κ2) is 9.64. The van der Waals surface area contributed by atoms with Crippen LogP contribution >= 0.6 is 0 Å². The number of nitrogens with one attached hydrogen (secondary N) is 2. The largest absolute Gasteiger partial charge is 0.383 e. The van der Waals surface area contributed by atoms with Crippen molar-refractivity contribution >= 4 is 28.8 Å². The van der Waals surface area contributed by atoms with Crippen molar-refractivity contribution in [1.82, 2.24) is 9.55 Å². The molecule has 172 valence electrons. The lowest BCUT2D eigenvalue weighted by Crippen LogP contribution is -2.42. The maximum Gasteiger partial charge on any atom is 0.330 e. The highest BCUT2D eigenvalue weighted by Crippen LogP contribution is 2.32. The highest BCUT2D eigenvalue weighted by atomic mass is 16.6. The van der Waals surface area contributed by atoms with Crippen molar-refractivity contribution < 1.29 is 14.5 Å². The zero-order chi connectivity index (χ0) is 23.4. The lowest BCUT2D eigenvalue weighted by Gasteiger charge is -2.24. The SMILES string of the molecule is CCCn1c(N)c(N(CCOC)C(=O)c2ccc(NC3CC3)c([N+](=O)[O-])c2)c(=O)[nH]c1=O. The van der Waals surface area contributed by atoms with Crippen LogP contribution in [0.15, 0.2) is 27.8 Å². The summed E-state index contributed by atoms with van der Waals surface area (Å²) in [5.74, 6) is -0.839. The Morgan fingerprint density at radius 2 is 2.12 bits per heavy atom. The Bertz CT molecular complexity index is 1140. The van der Waals surface area contributed by atoms with Crippen molar-refractivity contribution in [3.63, 3.8) is 0 Å². The highest BCUT2D eigenvalue weighted by molar-refractivity contribution is 6.08. The van der Waals surface area contributed by atoms with Crippen molar-refractivity contribution in [1.29, 1.82) is 0 Å². The molecule has 0 aliphatic heterocycles. The van der Waals surface area contributed by atoms with Crippen LogP contribution in [-0.2, 0) is 11.3 Å². The summed E-state index contributed by atoms with van der Waals surface area (Å²) in [7, 11) is 1.43. The number of benzene rings is 1. The molecule has 0 radical (unpaired) electrons. The molecular weight excluding hydrogens is 420 g/mol. The van der Waals surface area contributed by atoms with Crippen LogP contribution in [0.1, 0.15) is 36.5 Å². The van der Waals surface area contributed by atoms with Crippen LogP contribution < -0.4 is 27.2 Å². The number of carbonyl (C=O) groups excluding carboxylic acids is 1. The van der Waals surface area contributed by atoms with Gasteiger partial charge in [-0.2, -0.15) is 0 Å². The van der Waals surface area contributed by atoms with Gasteiger partial charge < -0.3 is 15.8 Å². The maximum atomic E-state index is 13.4. The van der Waals surface area contributed by atoms with Crippen molar-refractivity contribution in [2.75, 3.05) is 36.2 Å². The van der Waals surface area contributed by atoms with E-state index in [9.17, 15) is 24.5 Å². The highest BCUT2D eigenvalue weighted by Gasteiger charge is 2.29. The fourth-order valence-corrected chi connectivity index (χ4v) is 3.32. The number of nitrogens with zero attached hydrogens (tertiary/aromatic N) is 3. The fraction of sp³-hybridized carbons (Fsp3) is 0.450. The quantitative estimate of drug-likeness (QED) is 0.363. The van der Waals surface area contributed by atoms with E-state index < -0.39 is 22.1 Å². The zero-order valence-electron chi connectivity index (χ0n) is 17.9. The van der Waals surface area contributed by atoms with E-state index in [1.165, 1.54) is 29.9 Å². The van der Waals surface area contributed by atoms with E-state index in [4.69, 9.17) is 10.5 Å². The normalized spacial score (nSPS) is 13.1. The van der Waals surface area contributed by atoms with Gasteiger partial charge in [-0.05, 0) is 31.4 Å². The van der Waals surface area contributed by atoms with Crippen LogP contribution in [0, 0.1) is 10.1 Å². The molecule has 1 saturated carbocycles. The number of nitro groups is 1. The average molecular weight is 446 g/mol. The van der Waals surface area contributed by atoms with Crippen LogP contribution in [0.5, 0.6) is 0 Å². The van der Waals surface area contributed by atoms with Gasteiger partial charge in [0.25, 0.3) is 17.2 Å². The predicted molar refractivity (Wildman–Crippen MR) is 119 cm³/mol. The minimum Gasteiger partial charge on any atom is -0.383 e. The summed E-state index contributed by atoms with van der Waals surface area (Å²) < 4.78 is 6.23. The first kappa shape index (κ1) is 23.0. The lowest BCUT2D eigenvalue weighted by molar-refractivity contribution is -0.384. The number of ether oxygens (including phenoxy) is 1. The molecule has 3 rings (SSSR count). The summed E-state index contributed by atoms with van der Waals surface area (Å²) in [5.41, 5.74) is 4.49. The van der Waals surface area contributed by atoms with Gasteiger partial charge in [0.15, 0.2) is 5.69 Å². The number of methoxy groups -OCH3 is 1. The van der Waals surface area contributed by atoms with E-state index in [1.54, 1.807) is 0 Å². The first-order chi connectivity index (χ1) is 15.3. The molecule has 12 heteroatoms. The van der Waals surface area contributed by atoms with Crippen molar-refractivity contribution in [3.05, 3.63) is 54.7 Å². The van der Waals surface area contributed by atoms with Crippen molar-refractivity contribution in [2.24, 2.45) is 0 Å². The average Bonchev–Trinajstić information content (AvgIpc) is 3.57. The molecule has 32 heavy (non-hydrogen) atoms. The third kappa shape index (κ3) is 4.80. The molecule has 0 unspecified atom stereocenters. The number of hydrogen-bond donors (Lipinski definition) is 3. The van der Waals surface area contributed by atoms with Crippen LogP contribution in [0.25, 0.3) is 0 Å². The molecule has 12 nitrogen and oxygen atoms in total. The molecule has 0 bridgehead atoms. The van der Waals surface area contributed by atoms with Gasteiger partial charge in [0.2, 0.25) is 0 Å². The molecule has 1 aromatic heterocycles. The standard InChI is InChI=1S/C20H26N6O6/c1-3-8-25-17(21)16(18(27)23-20(25)29)24(9-10-32-2)19(28)12-4-7-14(22-13-5-6-13)15(11-12)26(30)31/h4,7,11,13,22H,3,5-6,8-10,21H2,1-2H3,(H,23,27,29). The molecule has 4 N–H and O–H groups in total. The number of hydrogen-bond acceptors (Lipinski definition) is 8. The van der Waals surface area contributed by atoms with Gasteiger partial charge in [0.1, 0.15) is 11.5 Å². The molecule has 0 saturated heterocycles. The lowest BCUT2D eigenvalue weighted by atomic mass is 10.1. The Hall–Kier alpha value is -3.67. The minimum atomic E-state index is -0.828. The predicted octanol–water partition coefficient (Wildman–Crippen LogP) is 1.30. The molecule has 1 aromatic carbocycles. The number of H-pyrrole nitrogens is 1. The van der Waals surface area contributed by atoms with E-state index in [0.717, 1.165) is 17.7 Å². The van der Waals surface area contributed by atoms with Crippen molar-refractivity contribution in [2.45, 2.75) is 38.8 Å². The molecule has 1 amide bonds. The molecule has 0 atom stereocenters. The number of rotatable bonds is 10. The van der Waals surface area contributed by atoms with E-state index in [1.807, 2.05) is 6.92 Å². The maximum absolute atomic E-state index is 13.4. The summed E-state index contributed by atoms with van der Waals surface area (Å²) in [6, 6.07) is 4.28. The van der Waals surface area contributed by atoms with Gasteiger partial charge in [-0.3, -0.25) is 34.2 Å². The topological polar surface area (TPSA) is 166 Å². The second-order valence-corrected chi connectivity index (χ2v) is 7.50. The summed E-state index contributed by atoms with van der Waals surface area (Å²) in [6.07, 6.45) is 2.43. The fourth-order valence-electron chi connectivity index (χ4n) is 3.32. The second-order valence-electron chi connectivity index (χ2n) is 7.50. The molecule has 1 fully saturated rings. The Labute approximate surface area is 183 Å². The molecule has 0 spiro atoms. The van der Waals surface area contributed by atoms with Gasteiger partial charge in [-0.15, -0.1) is 0 Å². The minimum absolute atomic E-state index is 0.00110. The number of aromatic amines is 1. The third-order valence-corrected chi connectivity index (χ3v) is 5.07. The van der Waals surface area contributed by atoms with Crippen molar-refractivity contribution in [3.8, 4) is 0 Å². The molecule has 1 aliphatic rings. The van der Waals surface area contributed by atoms with Gasteiger partial charge in [0, 0.05) is 37.9 Å². The number of amides is 1. The molecule has 1 heterocycles. The smallest absolute Gasteiger partial charge is 0.330 e. The molecule has 2 aromatic rings. The van der Waals surface area contributed by atoms with Gasteiger partial charge in [-0.1, -0.05) is 6.92 Å². The summed E-state index contributed by atoms with van der Waals surface area (Å²) >= 11 is 0. The zero-order valence-corrected chi connectivity index (χ0v) is 17.9. The van der Waals surface area contributed by atoms with Crippen LogP contribution in [0.2, 0.25) is 0 Å². The Balaban J connectivity index is 2.07. The Kier molecular flexibility index (Phi) is 6.93. The van der Waals surface area contributed by atoms with Crippen LogP contribution in [0.4, 0.5) is 22.9 Å². The first-order valence-electron chi connectivity index (χ1n) is 10.3. The first-order valence-corrected chi connectivity index (χ1v) is 10.3. The van der Waals surface area contributed by atoms with Crippen LogP contribution in [0.3, 0.4) is 0 Å². The van der Waals surface area contributed by atoms with Crippen LogP contribution in [-0.4, -0.2) is 46.7 Å². The number of anilines is 3. The third-order valence-electron chi connectivity index (χ3n) is 5.07. The Morgan fingerprint density at radius 3 is 2.72 bits per heavy atom. The number of carbonyl (C=O) groups is 1. The summed E-state index contributed by atoms with van der Waals surface area (Å²) in [4.78, 5) is 52.4. The number of nitro benzene ring substituents is 1. The van der Waals surface area contributed by atoms with E-state index in [0.29, 0.717) is 12.1 Å². The number of aromatic nitrogens is 2. The van der Waals surface area contributed by atoms with Gasteiger partial charge in [0.05, 0.1) is 11.5 Å².